The molecule has 1 atom stereocenters. The Hall–Kier alpha value is -0.790. The molecule has 1 unspecified atom stereocenters. The molecule has 0 bridgehead atoms. The summed E-state index contributed by atoms with van der Waals surface area (Å²) in [6.45, 7) is 5.32. The Labute approximate surface area is 136 Å². The highest BCUT2D eigenvalue weighted by Gasteiger charge is 2.24. The molecule has 0 spiro atoms. The summed E-state index contributed by atoms with van der Waals surface area (Å²) in [5, 5.41) is 0. The number of likely N-dealkylation sites (tertiary alicyclic amines) is 1. The van der Waals surface area contributed by atoms with E-state index in [4.69, 9.17) is 10.5 Å². The second kappa shape index (κ2) is 9.37. The summed E-state index contributed by atoms with van der Waals surface area (Å²) < 4.78 is 5.91. The van der Waals surface area contributed by atoms with Gasteiger partial charge in [-0.15, -0.1) is 11.8 Å². The molecular weight excluding hydrogens is 302 g/mol. The first-order valence-electron chi connectivity index (χ1n) is 8.13. The van der Waals surface area contributed by atoms with Gasteiger partial charge in [-0.3, -0.25) is 9.59 Å². The van der Waals surface area contributed by atoms with Crippen LogP contribution in [0, 0.1) is 0 Å². The zero-order valence-corrected chi connectivity index (χ0v) is 14.0. The maximum Gasteiger partial charge on any atom is 0.232 e. The summed E-state index contributed by atoms with van der Waals surface area (Å²) in [6, 6.07) is 0. The van der Waals surface area contributed by atoms with Crippen LogP contribution in [0.4, 0.5) is 0 Å². The van der Waals surface area contributed by atoms with Gasteiger partial charge in [0, 0.05) is 26.2 Å². The Morgan fingerprint density at radius 1 is 1.09 bits per heavy atom. The summed E-state index contributed by atoms with van der Waals surface area (Å²) in [6.07, 6.45) is 4.83. The molecule has 0 radical (unpaired) electrons. The van der Waals surface area contributed by atoms with Crippen LogP contribution < -0.4 is 5.73 Å². The summed E-state index contributed by atoms with van der Waals surface area (Å²) in [7, 11) is 0. The predicted octanol–water partition coefficient (Wildman–Crippen LogP) is 0.308. The zero-order chi connectivity index (χ0) is 15.8. The van der Waals surface area contributed by atoms with Crippen LogP contribution in [0.1, 0.15) is 25.7 Å². The molecule has 2 saturated heterocycles. The van der Waals surface area contributed by atoms with Crippen molar-refractivity contribution >= 4 is 23.6 Å². The number of primary amides is 1. The number of carbonyl (C=O) groups excluding carboxylic acids is 2. The lowest BCUT2D eigenvalue weighted by molar-refractivity contribution is -0.129. The monoisotopic (exact) mass is 329 g/mol. The van der Waals surface area contributed by atoms with Crippen molar-refractivity contribution in [3.63, 3.8) is 0 Å². The van der Waals surface area contributed by atoms with Crippen molar-refractivity contribution in [2.24, 2.45) is 5.73 Å². The van der Waals surface area contributed by atoms with E-state index in [1.807, 2.05) is 4.90 Å². The van der Waals surface area contributed by atoms with Gasteiger partial charge in [-0.25, -0.2) is 0 Å². The van der Waals surface area contributed by atoms with E-state index in [0.29, 0.717) is 12.3 Å². The number of amides is 2. The minimum absolute atomic E-state index is 0.0837. The van der Waals surface area contributed by atoms with E-state index in [1.165, 1.54) is 31.0 Å². The average Bonchev–Trinajstić information content (AvgIpc) is 2.73. The lowest BCUT2D eigenvalue weighted by Crippen LogP contribution is -2.44. The fourth-order valence-electron chi connectivity index (χ4n) is 2.99. The smallest absolute Gasteiger partial charge is 0.232 e. The second-order valence-corrected chi connectivity index (χ2v) is 6.99. The van der Waals surface area contributed by atoms with E-state index in [2.05, 4.69) is 4.90 Å². The zero-order valence-electron chi connectivity index (χ0n) is 13.2. The quantitative estimate of drug-likeness (QED) is 0.759. The molecule has 2 amide bonds. The van der Waals surface area contributed by atoms with Crippen LogP contribution in [0.15, 0.2) is 0 Å². The maximum atomic E-state index is 12.3. The van der Waals surface area contributed by atoms with Crippen LogP contribution in [0.5, 0.6) is 0 Å². The number of rotatable bonds is 6. The third kappa shape index (κ3) is 6.14. The predicted molar refractivity (Wildman–Crippen MR) is 87.7 cm³/mol. The molecule has 0 aliphatic carbocycles. The van der Waals surface area contributed by atoms with E-state index in [0.717, 1.165) is 39.2 Å². The van der Waals surface area contributed by atoms with E-state index in [-0.39, 0.29) is 23.7 Å². The molecule has 6 nitrogen and oxygen atoms in total. The van der Waals surface area contributed by atoms with Crippen molar-refractivity contribution in [3.05, 3.63) is 0 Å². The van der Waals surface area contributed by atoms with E-state index >= 15 is 0 Å². The summed E-state index contributed by atoms with van der Waals surface area (Å²) >= 11 is 1.29. The molecule has 2 heterocycles. The van der Waals surface area contributed by atoms with Gasteiger partial charge < -0.3 is 20.3 Å². The van der Waals surface area contributed by atoms with Gasteiger partial charge in [0.1, 0.15) is 0 Å². The minimum atomic E-state index is -0.375. The topological polar surface area (TPSA) is 75.9 Å². The standard InChI is InChI=1S/C15H27N3O3S/c16-14(19)11-22-12-15(20)18-7-4-8-21-13(10-18)9-17-5-2-1-3-6-17/h13H,1-12H2,(H2,16,19). The SMILES string of the molecule is NC(=O)CSCC(=O)N1CCCOC(CN2CCCCC2)C1. The van der Waals surface area contributed by atoms with Gasteiger partial charge in [0.15, 0.2) is 0 Å². The molecule has 0 saturated carbocycles. The lowest BCUT2D eigenvalue weighted by atomic mass is 10.1. The Morgan fingerprint density at radius 3 is 2.59 bits per heavy atom. The van der Waals surface area contributed by atoms with Crippen LogP contribution in [0.2, 0.25) is 0 Å². The van der Waals surface area contributed by atoms with Gasteiger partial charge in [-0.05, 0) is 32.4 Å². The van der Waals surface area contributed by atoms with E-state index < -0.39 is 0 Å². The number of hydrogen-bond donors (Lipinski definition) is 1. The number of nitrogens with zero attached hydrogens (tertiary/aromatic N) is 2. The molecule has 2 N–H and O–H groups in total. The fourth-order valence-corrected chi connectivity index (χ4v) is 3.65. The van der Waals surface area contributed by atoms with Crippen LogP contribution in [0.25, 0.3) is 0 Å². The first-order valence-corrected chi connectivity index (χ1v) is 9.28. The first kappa shape index (κ1) is 17.6. The van der Waals surface area contributed by atoms with Gasteiger partial charge >= 0.3 is 0 Å². The number of ether oxygens (including phenoxy) is 1. The third-order valence-electron chi connectivity index (χ3n) is 4.08. The fraction of sp³-hybridized carbons (Fsp3) is 0.867. The molecule has 0 aromatic heterocycles. The van der Waals surface area contributed by atoms with E-state index in [1.54, 1.807) is 0 Å². The van der Waals surface area contributed by atoms with Gasteiger partial charge in [0.05, 0.1) is 17.6 Å². The summed E-state index contributed by atoms with van der Waals surface area (Å²) in [5.41, 5.74) is 5.10. The molecule has 2 aliphatic rings. The molecule has 0 aromatic rings. The lowest BCUT2D eigenvalue weighted by Gasteiger charge is -2.31. The highest BCUT2D eigenvalue weighted by Crippen LogP contribution is 2.14. The average molecular weight is 329 g/mol. The second-order valence-electron chi connectivity index (χ2n) is 6.01. The summed E-state index contributed by atoms with van der Waals surface area (Å²) in [4.78, 5) is 27.3. The van der Waals surface area contributed by atoms with Crippen molar-refractivity contribution in [1.29, 1.82) is 0 Å². The minimum Gasteiger partial charge on any atom is -0.375 e. The number of nitrogens with two attached hydrogens (primary N) is 1. The summed E-state index contributed by atoms with van der Waals surface area (Å²) in [5.74, 6) is 0.229. The molecule has 2 fully saturated rings. The first-order chi connectivity index (χ1) is 10.6. The van der Waals surface area contributed by atoms with Gasteiger partial charge in [-0.2, -0.15) is 0 Å². The van der Waals surface area contributed by atoms with Gasteiger partial charge in [-0.1, -0.05) is 6.42 Å². The van der Waals surface area contributed by atoms with Crippen molar-refractivity contribution in [1.82, 2.24) is 9.80 Å². The Morgan fingerprint density at radius 2 is 1.86 bits per heavy atom. The van der Waals surface area contributed by atoms with E-state index in [9.17, 15) is 9.59 Å². The molecule has 22 heavy (non-hydrogen) atoms. The Bertz CT molecular complexity index is 375. The van der Waals surface area contributed by atoms with Crippen molar-refractivity contribution < 1.29 is 14.3 Å². The highest BCUT2D eigenvalue weighted by molar-refractivity contribution is 8.00. The van der Waals surface area contributed by atoms with Crippen LogP contribution >= 0.6 is 11.8 Å². The number of carbonyl (C=O) groups is 2. The van der Waals surface area contributed by atoms with Gasteiger partial charge in [0.2, 0.25) is 11.8 Å². The molecule has 126 valence electrons. The molecule has 2 aliphatic heterocycles. The van der Waals surface area contributed by atoms with Crippen molar-refractivity contribution in [2.45, 2.75) is 31.8 Å². The Kier molecular flexibility index (Phi) is 7.48. The number of hydrogen-bond acceptors (Lipinski definition) is 5. The van der Waals surface area contributed by atoms with Crippen molar-refractivity contribution in [2.75, 3.05) is 50.8 Å². The van der Waals surface area contributed by atoms with Crippen LogP contribution in [0.3, 0.4) is 0 Å². The molecular formula is C15H27N3O3S. The highest BCUT2D eigenvalue weighted by atomic mass is 32.2. The molecule has 0 aromatic carbocycles. The van der Waals surface area contributed by atoms with Crippen LogP contribution in [-0.2, 0) is 14.3 Å². The maximum absolute atomic E-state index is 12.3. The molecule has 2 rings (SSSR count). The Balaban J connectivity index is 1.78. The normalized spacial score (nSPS) is 24.0. The number of piperidine rings is 1. The molecule has 7 heteroatoms. The van der Waals surface area contributed by atoms with Crippen LogP contribution in [-0.4, -0.2) is 78.6 Å². The van der Waals surface area contributed by atoms with Crippen molar-refractivity contribution in [3.8, 4) is 0 Å². The third-order valence-corrected chi connectivity index (χ3v) is 5.02. The number of thioether (sulfide) groups is 1. The van der Waals surface area contributed by atoms with Gasteiger partial charge in [0.25, 0.3) is 0 Å². The largest absolute Gasteiger partial charge is 0.375 e.